The van der Waals surface area contributed by atoms with Crippen LogP contribution in [0.3, 0.4) is 0 Å². The summed E-state index contributed by atoms with van der Waals surface area (Å²) >= 11 is 0. The Morgan fingerprint density at radius 3 is 1.80 bits per heavy atom. The molecular weight excluding hydrogens is 492 g/mol. The first-order valence-corrected chi connectivity index (χ1v) is 14.9. The Balaban J connectivity index is 1.17. The number of fused-ring (bicyclic) bond motifs is 6. The minimum Gasteiger partial charge on any atom is -0.494 e. The van der Waals surface area contributed by atoms with E-state index in [0.29, 0.717) is 0 Å². The molecule has 0 unspecified atom stereocenters. The van der Waals surface area contributed by atoms with Gasteiger partial charge in [-0.05, 0) is 75.9 Å². The lowest BCUT2D eigenvalue weighted by Crippen LogP contribution is -2.02. The second-order valence-corrected chi connectivity index (χ2v) is 11.2. The molecule has 0 N–H and O–H groups in total. The third-order valence-electron chi connectivity index (χ3n) is 8.32. The van der Waals surface area contributed by atoms with Crippen LogP contribution in [0.2, 0.25) is 0 Å². The van der Waals surface area contributed by atoms with Gasteiger partial charge in [0.05, 0.1) is 34.5 Å². The van der Waals surface area contributed by atoms with Crippen molar-refractivity contribution in [1.29, 1.82) is 0 Å². The van der Waals surface area contributed by atoms with E-state index in [2.05, 4.69) is 95.3 Å². The first kappa shape index (κ1) is 26.4. The second kappa shape index (κ2) is 11.3. The Bertz CT molecular complexity index is 1810. The molecule has 4 aromatic heterocycles. The van der Waals surface area contributed by atoms with Gasteiger partial charge in [-0.2, -0.15) is 0 Å². The van der Waals surface area contributed by atoms with Crippen LogP contribution in [0.4, 0.5) is 0 Å². The summed E-state index contributed by atoms with van der Waals surface area (Å²) in [7, 11) is 0. The van der Waals surface area contributed by atoms with Gasteiger partial charge in [0.15, 0.2) is 0 Å². The molecule has 0 saturated heterocycles. The molecule has 0 atom stereocenters. The number of unbranched alkanes of at least 4 members (excludes halogenated alkanes) is 4. The smallest absolute Gasteiger partial charge is 0.121 e. The average molecular weight is 533 g/mol. The summed E-state index contributed by atoms with van der Waals surface area (Å²) in [6.45, 7) is 11.4. The summed E-state index contributed by atoms with van der Waals surface area (Å²) in [6, 6.07) is 17.7. The molecular formula is C35H40N4O. The molecule has 0 fully saturated rings. The zero-order chi connectivity index (χ0) is 27.6. The summed E-state index contributed by atoms with van der Waals surface area (Å²) in [5.74, 6) is 0.960. The van der Waals surface area contributed by atoms with Gasteiger partial charge >= 0.3 is 0 Å². The highest BCUT2D eigenvalue weighted by atomic mass is 16.5. The molecule has 0 saturated carbocycles. The number of rotatable bonds is 11. The maximum absolute atomic E-state index is 6.07. The van der Waals surface area contributed by atoms with Crippen LogP contribution in [-0.4, -0.2) is 25.7 Å². The van der Waals surface area contributed by atoms with E-state index in [9.17, 15) is 0 Å². The molecule has 0 amide bonds. The summed E-state index contributed by atoms with van der Waals surface area (Å²) in [5.41, 5.74) is 8.63. The Morgan fingerprint density at radius 1 is 0.625 bits per heavy atom. The lowest BCUT2D eigenvalue weighted by atomic mass is 10.1. The number of ether oxygens (including phenoxy) is 1. The normalized spacial score (nSPS) is 11.9. The molecule has 5 nitrogen and oxygen atoms in total. The zero-order valence-corrected chi connectivity index (χ0v) is 24.3. The molecule has 4 heterocycles. The fourth-order valence-corrected chi connectivity index (χ4v) is 6.31. The summed E-state index contributed by atoms with van der Waals surface area (Å²) in [4.78, 5) is 9.25. The van der Waals surface area contributed by atoms with Gasteiger partial charge in [-0.15, -0.1) is 0 Å². The van der Waals surface area contributed by atoms with Crippen molar-refractivity contribution in [2.24, 2.45) is 0 Å². The summed E-state index contributed by atoms with van der Waals surface area (Å²) < 4.78 is 11.0. The number of aryl methyl sites for hydroxylation is 5. The first-order valence-electron chi connectivity index (χ1n) is 14.9. The van der Waals surface area contributed by atoms with E-state index < -0.39 is 0 Å². The monoisotopic (exact) mass is 532 g/mol. The largest absolute Gasteiger partial charge is 0.494 e. The molecule has 0 bridgehead atoms. The van der Waals surface area contributed by atoms with Gasteiger partial charge in [-0.25, -0.2) is 0 Å². The number of pyridine rings is 2. The highest BCUT2D eigenvalue weighted by molar-refractivity contribution is 6.09. The van der Waals surface area contributed by atoms with Crippen LogP contribution in [-0.2, 0) is 13.1 Å². The van der Waals surface area contributed by atoms with Gasteiger partial charge in [-0.3, -0.25) is 9.97 Å². The molecule has 0 aliphatic carbocycles. The highest BCUT2D eigenvalue weighted by Crippen LogP contribution is 2.34. The maximum atomic E-state index is 6.07. The quantitative estimate of drug-likeness (QED) is 0.156. The number of benzene rings is 2. The minimum absolute atomic E-state index is 0.768. The lowest BCUT2D eigenvalue weighted by Gasteiger charge is -2.11. The van der Waals surface area contributed by atoms with Gasteiger partial charge in [0, 0.05) is 58.6 Å². The molecule has 5 heteroatoms. The Hall–Kier alpha value is -3.86. The Labute approximate surface area is 236 Å². The Morgan fingerprint density at radius 2 is 1.20 bits per heavy atom. The van der Waals surface area contributed by atoms with Crippen LogP contribution < -0.4 is 4.74 Å². The molecule has 40 heavy (non-hydrogen) atoms. The van der Waals surface area contributed by atoms with E-state index in [0.717, 1.165) is 62.5 Å². The standard InChI is InChI=1S/C35H40N4O/c1-5-6-21-40-27-12-14-29-31-16-18-37-26(4)35(31)39(33(29)23-27)20-10-8-7-9-19-38-32-22-24(2)11-13-28(32)30-15-17-36-25(3)34(30)38/h11-18,22-23H,5-10,19-21H2,1-4H3. The predicted octanol–water partition coefficient (Wildman–Crippen LogP) is 9.06. The lowest BCUT2D eigenvalue weighted by molar-refractivity contribution is 0.309. The van der Waals surface area contributed by atoms with Gasteiger partial charge < -0.3 is 13.9 Å². The average Bonchev–Trinajstić information content (AvgIpc) is 3.44. The minimum atomic E-state index is 0.768. The van der Waals surface area contributed by atoms with Crippen molar-refractivity contribution in [2.45, 2.75) is 79.3 Å². The van der Waals surface area contributed by atoms with E-state index in [-0.39, 0.29) is 0 Å². The second-order valence-electron chi connectivity index (χ2n) is 11.2. The van der Waals surface area contributed by atoms with Gasteiger partial charge in [-0.1, -0.05) is 38.3 Å². The van der Waals surface area contributed by atoms with Crippen LogP contribution in [0.25, 0.3) is 43.6 Å². The van der Waals surface area contributed by atoms with Crippen molar-refractivity contribution in [2.75, 3.05) is 6.61 Å². The zero-order valence-electron chi connectivity index (χ0n) is 24.3. The van der Waals surface area contributed by atoms with Crippen molar-refractivity contribution in [3.8, 4) is 5.75 Å². The molecule has 2 aromatic carbocycles. The van der Waals surface area contributed by atoms with Crippen LogP contribution in [0.1, 0.15) is 62.4 Å². The van der Waals surface area contributed by atoms with Crippen LogP contribution in [0.15, 0.2) is 60.9 Å². The van der Waals surface area contributed by atoms with E-state index in [4.69, 9.17) is 4.74 Å². The number of nitrogens with zero attached hydrogens (tertiary/aromatic N) is 4. The van der Waals surface area contributed by atoms with Crippen molar-refractivity contribution in [3.63, 3.8) is 0 Å². The molecule has 0 aliphatic heterocycles. The van der Waals surface area contributed by atoms with E-state index in [1.165, 1.54) is 62.0 Å². The number of aromatic nitrogens is 4. The van der Waals surface area contributed by atoms with Crippen LogP contribution in [0, 0.1) is 20.8 Å². The maximum Gasteiger partial charge on any atom is 0.121 e. The molecule has 0 aliphatic rings. The van der Waals surface area contributed by atoms with E-state index >= 15 is 0 Å². The van der Waals surface area contributed by atoms with Crippen LogP contribution in [0.5, 0.6) is 5.75 Å². The van der Waals surface area contributed by atoms with E-state index in [1.807, 2.05) is 12.4 Å². The van der Waals surface area contributed by atoms with Crippen molar-refractivity contribution < 1.29 is 4.74 Å². The van der Waals surface area contributed by atoms with Gasteiger partial charge in [0.2, 0.25) is 0 Å². The highest BCUT2D eigenvalue weighted by Gasteiger charge is 2.15. The molecule has 0 radical (unpaired) electrons. The Kier molecular flexibility index (Phi) is 7.46. The first-order chi connectivity index (χ1) is 19.6. The van der Waals surface area contributed by atoms with Crippen molar-refractivity contribution in [1.82, 2.24) is 19.1 Å². The van der Waals surface area contributed by atoms with Gasteiger partial charge in [0.1, 0.15) is 5.75 Å². The fraction of sp³-hybridized carbons (Fsp3) is 0.371. The fourth-order valence-electron chi connectivity index (χ4n) is 6.31. The van der Waals surface area contributed by atoms with Crippen molar-refractivity contribution >= 4 is 43.6 Å². The summed E-state index contributed by atoms with van der Waals surface area (Å²) in [6.07, 6.45) is 10.8. The molecule has 6 rings (SSSR count). The molecule has 0 spiro atoms. The van der Waals surface area contributed by atoms with Crippen molar-refractivity contribution in [3.05, 3.63) is 77.9 Å². The number of hydrogen-bond donors (Lipinski definition) is 0. The molecule has 6 aromatic rings. The van der Waals surface area contributed by atoms with Gasteiger partial charge in [0.25, 0.3) is 0 Å². The van der Waals surface area contributed by atoms with Crippen LogP contribution >= 0.6 is 0 Å². The third kappa shape index (κ3) is 4.83. The van der Waals surface area contributed by atoms with E-state index in [1.54, 1.807) is 0 Å². The molecule has 206 valence electrons. The third-order valence-corrected chi connectivity index (χ3v) is 8.32. The SMILES string of the molecule is CCCCOc1ccc2c3ccnc(C)c3n(CCCCCCn3c4cc(C)ccc4c4ccnc(C)c43)c2c1. The summed E-state index contributed by atoms with van der Waals surface area (Å²) in [5, 5.41) is 5.22. The predicted molar refractivity (Wildman–Crippen MR) is 168 cm³/mol. The number of hydrogen-bond acceptors (Lipinski definition) is 3. The topological polar surface area (TPSA) is 44.9 Å².